The lowest BCUT2D eigenvalue weighted by atomic mass is 10.1. The molecule has 1 unspecified atom stereocenters. The van der Waals surface area contributed by atoms with Crippen molar-refractivity contribution in [1.82, 2.24) is 5.32 Å². The van der Waals surface area contributed by atoms with Crippen molar-refractivity contribution in [2.45, 2.75) is 38.7 Å². The number of hydrogen-bond acceptors (Lipinski definition) is 2. The molecule has 15 heavy (non-hydrogen) atoms. The standard InChI is InChI=1S/C11H19F2NO/c1-3-5-10(14-7-4-2)6-8-15-9-11(12)13/h1,10-11,14H,4-9H2,2H3. The molecule has 0 aromatic carbocycles. The van der Waals surface area contributed by atoms with Gasteiger partial charge in [0.1, 0.15) is 6.61 Å². The molecule has 4 heteroatoms. The van der Waals surface area contributed by atoms with Gasteiger partial charge in [0.15, 0.2) is 0 Å². The molecule has 88 valence electrons. The van der Waals surface area contributed by atoms with Crippen LogP contribution in [0.15, 0.2) is 0 Å². The van der Waals surface area contributed by atoms with Gasteiger partial charge in [-0.25, -0.2) is 8.78 Å². The van der Waals surface area contributed by atoms with Crippen LogP contribution < -0.4 is 5.32 Å². The van der Waals surface area contributed by atoms with E-state index in [2.05, 4.69) is 18.2 Å². The second kappa shape index (κ2) is 9.88. The Morgan fingerprint density at radius 3 is 2.73 bits per heavy atom. The molecule has 0 saturated heterocycles. The zero-order valence-electron chi connectivity index (χ0n) is 9.14. The van der Waals surface area contributed by atoms with Gasteiger partial charge in [-0.15, -0.1) is 12.3 Å². The van der Waals surface area contributed by atoms with Crippen molar-refractivity contribution < 1.29 is 13.5 Å². The molecule has 1 atom stereocenters. The fraction of sp³-hybridized carbons (Fsp3) is 0.818. The van der Waals surface area contributed by atoms with Crippen LogP contribution in [-0.4, -0.2) is 32.2 Å². The van der Waals surface area contributed by atoms with E-state index >= 15 is 0 Å². The van der Waals surface area contributed by atoms with E-state index in [-0.39, 0.29) is 6.04 Å². The molecule has 2 nitrogen and oxygen atoms in total. The van der Waals surface area contributed by atoms with Gasteiger partial charge in [0.2, 0.25) is 0 Å². The third kappa shape index (κ3) is 9.64. The van der Waals surface area contributed by atoms with Gasteiger partial charge < -0.3 is 10.1 Å². The van der Waals surface area contributed by atoms with Crippen molar-refractivity contribution in [3.05, 3.63) is 0 Å². The molecule has 0 spiro atoms. The van der Waals surface area contributed by atoms with E-state index in [1.807, 2.05) is 0 Å². The zero-order chi connectivity index (χ0) is 11.5. The van der Waals surface area contributed by atoms with Gasteiger partial charge in [-0.3, -0.25) is 0 Å². The van der Waals surface area contributed by atoms with Gasteiger partial charge >= 0.3 is 0 Å². The third-order valence-electron chi connectivity index (χ3n) is 1.90. The highest BCUT2D eigenvalue weighted by Gasteiger charge is 2.07. The first kappa shape index (κ1) is 14.3. The van der Waals surface area contributed by atoms with Crippen LogP contribution in [0.3, 0.4) is 0 Å². The molecular weight excluding hydrogens is 200 g/mol. The number of nitrogens with one attached hydrogen (secondary N) is 1. The second-order valence-electron chi connectivity index (χ2n) is 3.31. The summed E-state index contributed by atoms with van der Waals surface area (Å²) < 4.78 is 28.3. The molecule has 0 aromatic heterocycles. The number of alkyl halides is 2. The predicted molar refractivity (Wildman–Crippen MR) is 57.0 cm³/mol. The summed E-state index contributed by atoms with van der Waals surface area (Å²) in [5.74, 6) is 2.56. The van der Waals surface area contributed by atoms with E-state index in [4.69, 9.17) is 11.2 Å². The van der Waals surface area contributed by atoms with E-state index in [0.29, 0.717) is 19.4 Å². The van der Waals surface area contributed by atoms with Crippen molar-refractivity contribution in [3.8, 4) is 12.3 Å². The summed E-state index contributed by atoms with van der Waals surface area (Å²) in [4.78, 5) is 0. The Morgan fingerprint density at radius 1 is 1.47 bits per heavy atom. The van der Waals surface area contributed by atoms with Crippen LogP contribution in [0, 0.1) is 12.3 Å². The molecule has 0 aromatic rings. The number of rotatable bonds is 9. The van der Waals surface area contributed by atoms with Crippen LogP contribution in [0.2, 0.25) is 0 Å². The fourth-order valence-corrected chi connectivity index (χ4v) is 1.17. The Labute approximate surface area is 90.4 Å². The first-order chi connectivity index (χ1) is 7.20. The second-order valence-corrected chi connectivity index (χ2v) is 3.31. The van der Waals surface area contributed by atoms with Crippen molar-refractivity contribution in [2.75, 3.05) is 19.8 Å². The molecule has 0 heterocycles. The first-order valence-corrected chi connectivity index (χ1v) is 5.23. The largest absolute Gasteiger partial charge is 0.375 e. The van der Waals surface area contributed by atoms with Gasteiger partial charge in [-0.05, 0) is 19.4 Å². The molecule has 0 aliphatic heterocycles. The summed E-state index contributed by atoms with van der Waals surface area (Å²) in [5, 5.41) is 3.25. The van der Waals surface area contributed by atoms with Crippen LogP contribution in [0.4, 0.5) is 8.78 Å². The van der Waals surface area contributed by atoms with Crippen LogP contribution >= 0.6 is 0 Å². The fourth-order valence-electron chi connectivity index (χ4n) is 1.17. The Bertz CT molecular complexity index is 180. The van der Waals surface area contributed by atoms with Gasteiger partial charge in [-0.1, -0.05) is 6.92 Å². The average molecular weight is 219 g/mol. The highest BCUT2D eigenvalue weighted by molar-refractivity contribution is 4.89. The van der Waals surface area contributed by atoms with E-state index in [9.17, 15) is 8.78 Å². The number of hydrogen-bond donors (Lipinski definition) is 1. The topological polar surface area (TPSA) is 21.3 Å². The first-order valence-electron chi connectivity index (χ1n) is 5.23. The number of halogens is 2. The molecule has 0 radical (unpaired) electrons. The highest BCUT2D eigenvalue weighted by Crippen LogP contribution is 2.00. The van der Waals surface area contributed by atoms with Crippen molar-refractivity contribution in [3.63, 3.8) is 0 Å². The molecule has 1 N–H and O–H groups in total. The maximum absolute atomic E-state index is 11.7. The van der Waals surface area contributed by atoms with E-state index in [1.54, 1.807) is 0 Å². The monoisotopic (exact) mass is 219 g/mol. The normalized spacial score (nSPS) is 12.7. The molecule has 0 aliphatic carbocycles. The number of ether oxygens (including phenoxy) is 1. The lowest BCUT2D eigenvalue weighted by molar-refractivity contribution is 0.0145. The summed E-state index contributed by atoms with van der Waals surface area (Å²) >= 11 is 0. The third-order valence-corrected chi connectivity index (χ3v) is 1.90. The Kier molecular flexibility index (Phi) is 9.44. The number of terminal acetylenes is 1. The van der Waals surface area contributed by atoms with Crippen molar-refractivity contribution >= 4 is 0 Å². The lowest BCUT2D eigenvalue weighted by Gasteiger charge is -2.15. The van der Waals surface area contributed by atoms with Gasteiger partial charge in [0, 0.05) is 19.1 Å². The highest BCUT2D eigenvalue weighted by atomic mass is 19.3. The van der Waals surface area contributed by atoms with E-state index < -0.39 is 13.0 Å². The Balaban J connectivity index is 3.52. The zero-order valence-corrected chi connectivity index (χ0v) is 9.14. The van der Waals surface area contributed by atoms with Crippen LogP contribution in [0.5, 0.6) is 0 Å². The minimum absolute atomic E-state index is 0.174. The Hall–Kier alpha value is -0.660. The maximum Gasteiger partial charge on any atom is 0.261 e. The lowest BCUT2D eigenvalue weighted by Crippen LogP contribution is -2.30. The molecule has 0 saturated carbocycles. The van der Waals surface area contributed by atoms with Crippen LogP contribution in [0.1, 0.15) is 26.2 Å². The minimum atomic E-state index is -2.39. The summed E-state index contributed by atoms with van der Waals surface area (Å²) in [6, 6.07) is 0.174. The summed E-state index contributed by atoms with van der Waals surface area (Å²) in [7, 11) is 0. The maximum atomic E-state index is 11.7. The summed E-state index contributed by atoms with van der Waals surface area (Å²) in [5.41, 5.74) is 0. The van der Waals surface area contributed by atoms with Crippen LogP contribution in [0.25, 0.3) is 0 Å². The molecule has 0 fully saturated rings. The van der Waals surface area contributed by atoms with Crippen LogP contribution in [-0.2, 0) is 4.74 Å². The molecule has 0 rings (SSSR count). The molecular formula is C11H19F2NO. The molecule has 0 amide bonds. The van der Waals surface area contributed by atoms with Crippen molar-refractivity contribution in [2.24, 2.45) is 0 Å². The van der Waals surface area contributed by atoms with Gasteiger partial charge in [0.05, 0.1) is 0 Å². The van der Waals surface area contributed by atoms with E-state index in [1.165, 1.54) is 0 Å². The van der Waals surface area contributed by atoms with Gasteiger partial charge in [-0.2, -0.15) is 0 Å². The average Bonchev–Trinajstić information content (AvgIpc) is 2.20. The quantitative estimate of drug-likeness (QED) is 0.473. The minimum Gasteiger partial charge on any atom is -0.375 e. The molecule has 0 bridgehead atoms. The SMILES string of the molecule is C#CCC(CCOCC(F)F)NCCC. The summed E-state index contributed by atoms with van der Waals surface area (Å²) in [6.07, 6.45) is 5.13. The summed E-state index contributed by atoms with van der Waals surface area (Å²) in [6.45, 7) is 2.79. The Morgan fingerprint density at radius 2 is 2.20 bits per heavy atom. The van der Waals surface area contributed by atoms with Crippen molar-refractivity contribution in [1.29, 1.82) is 0 Å². The molecule has 0 aliphatic rings. The van der Waals surface area contributed by atoms with E-state index in [0.717, 1.165) is 13.0 Å². The smallest absolute Gasteiger partial charge is 0.261 e. The van der Waals surface area contributed by atoms with Gasteiger partial charge in [0.25, 0.3) is 6.43 Å². The predicted octanol–water partition coefficient (Wildman–Crippen LogP) is 2.05.